The van der Waals surface area contributed by atoms with Crippen molar-refractivity contribution in [2.75, 3.05) is 31.6 Å². The number of imidazole rings is 1. The molecule has 2 rings (SSSR count). The Morgan fingerprint density at radius 1 is 1.58 bits per heavy atom. The van der Waals surface area contributed by atoms with Gasteiger partial charge in [-0.3, -0.25) is 9.59 Å². The quantitative estimate of drug-likeness (QED) is 0.568. The highest BCUT2D eigenvalue weighted by Gasteiger charge is 2.15. The van der Waals surface area contributed by atoms with Crippen molar-refractivity contribution in [3.63, 3.8) is 0 Å². The van der Waals surface area contributed by atoms with Gasteiger partial charge in [0.2, 0.25) is 11.9 Å². The van der Waals surface area contributed by atoms with Crippen LogP contribution in [0, 0.1) is 0 Å². The number of aromatic nitrogens is 2. The van der Waals surface area contributed by atoms with E-state index in [1.165, 1.54) is 0 Å². The van der Waals surface area contributed by atoms with Gasteiger partial charge in [-0.2, -0.15) is 0 Å². The summed E-state index contributed by atoms with van der Waals surface area (Å²) in [5, 5.41) is 5.78. The predicted octanol–water partition coefficient (Wildman–Crippen LogP) is -1.07. The first-order chi connectivity index (χ1) is 9.16. The molecule has 1 aromatic rings. The van der Waals surface area contributed by atoms with Crippen molar-refractivity contribution in [3.05, 3.63) is 11.9 Å². The van der Waals surface area contributed by atoms with Crippen LogP contribution in [-0.4, -0.2) is 47.7 Å². The largest absolute Gasteiger partial charge is 0.370 e. The SMILES string of the molecule is NC(=O)COCCNC(=O)c1cn2c(n1)NCCC2. The van der Waals surface area contributed by atoms with Crippen LogP contribution in [0.15, 0.2) is 6.20 Å². The van der Waals surface area contributed by atoms with Gasteiger partial charge in [0, 0.05) is 25.8 Å². The highest BCUT2D eigenvalue weighted by Crippen LogP contribution is 2.13. The van der Waals surface area contributed by atoms with E-state index in [0.717, 1.165) is 25.5 Å². The molecule has 0 unspecified atom stereocenters. The molecule has 8 heteroatoms. The van der Waals surface area contributed by atoms with Crippen LogP contribution in [-0.2, 0) is 16.1 Å². The van der Waals surface area contributed by atoms with Crippen LogP contribution in [0.2, 0.25) is 0 Å². The summed E-state index contributed by atoms with van der Waals surface area (Å²) in [6, 6.07) is 0. The fraction of sp³-hybridized carbons (Fsp3) is 0.545. The number of aryl methyl sites for hydroxylation is 1. The van der Waals surface area contributed by atoms with Gasteiger partial charge in [0.1, 0.15) is 12.3 Å². The van der Waals surface area contributed by atoms with Gasteiger partial charge < -0.3 is 25.7 Å². The van der Waals surface area contributed by atoms with Gasteiger partial charge in [-0.1, -0.05) is 0 Å². The van der Waals surface area contributed by atoms with E-state index < -0.39 is 5.91 Å². The Kier molecular flexibility index (Phi) is 4.35. The summed E-state index contributed by atoms with van der Waals surface area (Å²) in [6.07, 6.45) is 2.74. The number of carbonyl (C=O) groups excluding carboxylic acids is 2. The smallest absolute Gasteiger partial charge is 0.271 e. The van der Waals surface area contributed by atoms with E-state index in [-0.39, 0.29) is 19.1 Å². The maximum atomic E-state index is 11.8. The molecule has 0 bridgehead atoms. The molecular formula is C11H17N5O3. The van der Waals surface area contributed by atoms with Gasteiger partial charge in [0.05, 0.1) is 6.61 Å². The summed E-state index contributed by atoms with van der Waals surface area (Å²) in [5.41, 5.74) is 5.28. The average molecular weight is 267 g/mol. The van der Waals surface area contributed by atoms with E-state index in [4.69, 9.17) is 10.5 Å². The third-order valence-electron chi connectivity index (χ3n) is 2.64. The van der Waals surface area contributed by atoms with E-state index in [0.29, 0.717) is 12.2 Å². The van der Waals surface area contributed by atoms with Crippen LogP contribution in [0.3, 0.4) is 0 Å². The van der Waals surface area contributed by atoms with Crippen molar-refractivity contribution < 1.29 is 14.3 Å². The molecular weight excluding hydrogens is 250 g/mol. The highest BCUT2D eigenvalue weighted by molar-refractivity contribution is 5.92. The van der Waals surface area contributed by atoms with Gasteiger partial charge in [0.25, 0.3) is 5.91 Å². The molecule has 0 fully saturated rings. The summed E-state index contributed by atoms with van der Waals surface area (Å²) >= 11 is 0. The van der Waals surface area contributed by atoms with Crippen LogP contribution < -0.4 is 16.4 Å². The van der Waals surface area contributed by atoms with E-state index in [9.17, 15) is 9.59 Å². The van der Waals surface area contributed by atoms with E-state index in [2.05, 4.69) is 15.6 Å². The summed E-state index contributed by atoms with van der Waals surface area (Å²) in [7, 11) is 0. The summed E-state index contributed by atoms with van der Waals surface area (Å²) < 4.78 is 6.85. The summed E-state index contributed by atoms with van der Waals surface area (Å²) in [6.45, 7) is 2.14. The molecule has 1 aromatic heterocycles. The number of nitrogens with two attached hydrogens (primary N) is 1. The maximum absolute atomic E-state index is 11.8. The number of rotatable bonds is 6. The van der Waals surface area contributed by atoms with Gasteiger partial charge in [-0.05, 0) is 6.42 Å². The van der Waals surface area contributed by atoms with Crippen LogP contribution >= 0.6 is 0 Å². The van der Waals surface area contributed by atoms with Crippen LogP contribution in [0.5, 0.6) is 0 Å². The Balaban J connectivity index is 1.77. The zero-order valence-electron chi connectivity index (χ0n) is 10.5. The summed E-state index contributed by atoms with van der Waals surface area (Å²) in [4.78, 5) is 26.4. The molecule has 104 valence electrons. The minimum Gasteiger partial charge on any atom is -0.370 e. The van der Waals surface area contributed by atoms with E-state index in [1.807, 2.05) is 4.57 Å². The molecule has 0 aromatic carbocycles. The molecule has 1 aliphatic heterocycles. The average Bonchev–Trinajstić information content (AvgIpc) is 2.81. The molecule has 2 amide bonds. The number of hydrogen-bond acceptors (Lipinski definition) is 5. The second-order valence-corrected chi connectivity index (χ2v) is 4.20. The standard InChI is InChI=1S/C11H17N5O3/c12-9(17)7-19-5-3-13-10(18)8-6-16-4-1-2-14-11(16)15-8/h6H,1-5,7H2,(H2,12,17)(H,13,18)(H,14,15). The fourth-order valence-corrected chi connectivity index (χ4v) is 1.79. The lowest BCUT2D eigenvalue weighted by Gasteiger charge is -2.14. The third-order valence-corrected chi connectivity index (χ3v) is 2.64. The van der Waals surface area contributed by atoms with Crippen LogP contribution in [0.25, 0.3) is 0 Å². The molecule has 19 heavy (non-hydrogen) atoms. The lowest BCUT2D eigenvalue weighted by atomic mass is 10.4. The van der Waals surface area contributed by atoms with Crippen LogP contribution in [0.1, 0.15) is 16.9 Å². The predicted molar refractivity (Wildman–Crippen MR) is 67.7 cm³/mol. The third kappa shape index (κ3) is 3.68. The Labute approximate surface area is 110 Å². The first-order valence-electron chi connectivity index (χ1n) is 6.12. The van der Waals surface area contributed by atoms with Crippen LogP contribution in [0.4, 0.5) is 5.95 Å². The molecule has 0 saturated carbocycles. The minimum atomic E-state index is -0.529. The normalized spacial score (nSPS) is 13.5. The number of primary amides is 1. The summed E-state index contributed by atoms with van der Waals surface area (Å²) in [5.74, 6) is -0.0630. The molecule has 0 saturated heterocycles. The number of ether oxygens (including phenoxy) is 1. The first-order valence-corrected chi connectivity index (χ1v) is 6.12. The van der Waals surface area contributed by atoms with E-state index in [1.54, 1.807) is 6.20 Å². The molecule has 0 spiro atoms. The van der Waals surface area contributed by atoms with Gasteiger partial charge in [0.15, 0.2) is 0 Å². The minimum absolute atomic E-state index is 0.140. The van der Waals surface area contributed by atoms with Gasteiger partial charge >= 0.3 is 0 Å². The van der Waals surface area contributed by atoms with Crippen molar-refractivity contribution >= 4 is 17.8 Å². The van der Waals surface area contributed by atoms with Crippen molar-refractivity contribution in [2.24, 2.45) is 5.73 Å². The molecule has 4 N–H and O–H groups in total. The molecule has 8 nitrogen and oxygen atoms in total. The molecule has 0 aliphatic carbocycles. The second-order valence-electron chi connectivity index (χ2n) is 4.20. The topological polar surface area (TPSA) is 111 Å². The maximum Gasteiger partial charge on any atom is 0.271 e. The second kappa shape index (κ2) is 6.19. The zero-order chi connectivity index (χ0) is 13.7. The number of fused-ring (bicyclic) bond motifs is 1. The monoisotopic (exact) mass is 267 g/mol. The molecule has 1 aliphatic rings. The molecule has 2 heterocycles. The number of amides is 2. The lowest BCUT2D eigenvalue weighted by molar-refractivity contribution is -0.122. The highest BCUT2D eigenvalue weighted by atomic mass is 16.5. The van der Waals surface area contributed by atoms with Crippen molar-refractivity contribution in [3.8, 4) is 0 Å². The number of nitrogens with zero attached hydrogens (tertiary/aromatic N) is 2. The Hall–Kier alpha value is -2.09. The Morgan fingerprint density at radius 2 is 2.42 bits per heavy atom. The number of carbonyl (C=O) groups is 2. The number of hydrogen-bond donors (Lipinski definition) is 3. The first kappa shape index (κ1) is 13.3. The Morgan fingerprint density at radius 3 is 3.16 bits per heavy atom. The van der Waals surface area contributed by atoms with Crippen molar-refractivity contribution in [2.45, 2.75) is 13.0 Å². The van der Waals surface area contributed by atoms with Crippen molar-refractivity contribution in [1.82, 2.24) is 14.9 Å². The van der Waals surface area contributed by atoms with Gasteiger partial charge in [-0.25, -0.2) is 4.98 Å². The number of nitrogens with one attached hydrogen (secondary N) is 2. The van der Waals surface area contributed by atoms with Gasteiger partial charge in [-0.15, -0.1) is 0 Å². The Bertz CT molecular complexity index is 447. The number of anilines is 1. The van der Waals surface area contributed by atoms with Crippen molar-refractivity contribution in [1.29, 1.82) is 0 Å². The fourth-order valence-electron chi connectivity index (χ4n) is 1.79. The zero-order valence-corrected chi connectivity index (χ0v) is 10.5. The molecule has 0 atom stereocenters. The lowest BCUT2D eigenvalue weighted by Crippen LogP contribution is -2.29. The van der Waals surface area contributed by atoms with E-state index >= 15 is 0 Å². The molecule has 0 radical (unpaired) electrons.